The first-order valence-corrected chi connectivity index (χ1v) is 7.49. The summed E-state index contributed by atoms with van der Waals surface area (Å²) in [6.07, 6.45) is 3.32. The number of carbonyl (C=O) groups excluding carboxylic acids is 1. The molecule has 0 saturated heterocycles. The fraction of sp³-hybridized carbons (Fsp3) is 0.562. The van der Waals surface area contributed by atoms with Gasteiger partial charge in [-0.2, -0.15) is 0 Å². The summed E-state index contributed by atoms with van der Waals surface area (Å²) in [5, 5.41) is 13.2. The molecule has 118 valence electrons. The van der Waals surface area contributed by atoms with Gasteiger partial charge in [0.15, 0.2) is 0 Å². The quantitative estimate of drug-likeness (QED) is 0.395. The zero-order valence-electron chi connectivity index (χ0n) is 12.8. The average molecular weight is 295 g/mol. The van der Waals surface area contributed by atoms with Gasteiger partial charge < -0.3 is 19.9 Å². The molecular formula is C16H25NO4. The zero-order chi connectivity index (χ0) is 15.6. The standard InChI is InChI=1S/C16H25NO4/c1-3-5-12-20-15(18)16(19,21-13-6-4-2)17-14-10-8-7-9-11-14/h7-11,17,19H,3-6,12-13H2,1-2H3. The summed E-state index contributed by atoms with van der Waals surface area (Å²) in [6.45, 7) is 4.55. The summed E-state index contributed by atoms with van der Waals surface area (Å²) in [5.74, 6) is -2.96. The smallest absolute Gasteiger partial charge is 0.390 e. The van der Waals surface area contributed by atoms with E-state index in [1.165, 1.54) is 0 Å². The number of para-hydroxylation sites is 1. The normalized spacial score (nSPS) is 13.5. The summed E-state index contributed by atoms with van der Waals surface area (Å²) >= 11 is 0. The van der Waals surface area contributed by atoms with Crippen LogP contribution in [0.25, 0.3) is 0 Å². The molecule has 1 aromatic carbocycles. The van der Waals surface area contributed by atoms with Crippen molar-refractivity contribution in [2.75, 3.05) is 18.5 Å². The van der Waals surface area contributed by atoms with E-state index in [4.69, 9.17) is 9.47 Å². The maximum absolute atomic E-state index is 12.1. The Morgan fingerprint density at radius 1 is 1.14 bits per heavy atom. The molecule has 1 atom stereocenters. The van der Waals surface area contributed by atoms with E-state index in [1.54, 1.807) is 24.3 Å². The van der Waals surface area contributed by atoms with Crippen molar-refractivity contribution in [1.82, 2.24) is 0 Å². The second kappa shape index (κ2) is 9.37. The third-order valence-corrected chi connectivity index (χ3v) is 2.90. The first-order valence-electron chi connectivity index (χ1n) is 7.49. The Hall–Kier alpha value is -1.59. The van der Waals surface area contributed by atoms with Gasteiger partial charge in [-0.25, -0.2) is 4.79 Å². The van der Waals surface area contributed by atoms with E-state index in [2.05, 4.69) is 5.32 Å². The van der Waals surface area contributed by atoms with Crippen molar-refractivity contribution in [2.45, 2.75) is 45.4 Å². The SMILES string of the molecule is CCCCOC(=O)C(O)(Nc1ccccc1)OCCCC. The molecule has 5 nitrogen and oxygen atoms in total. The van der Waals surface area contributed by atoms with Crippen molar-refractivity contribution >= 4 is 11.7 Å². The Kier molecular flexibility index (Phi) is 7.79. The molecule has 0 radical (unpaired) electrons. The molecule has 0 aliphatic rings. The lowest BCUT2D eigenvalue weighted by molar-refractivity contribution is -0.217. The van der Waals surface area contributed by atoms with E-state index < -0.39 is 11.9 Å². The number of benzene rings is 1. The van der Waals surface area contributed by atoms with Crippen LogP contribution in [0.15, 0.2) is 30.3 Å². The Bertz CT molecular complexity index is 410. The Labute approximate surface area is 126 Å². The van der Waals surface area contributed by atoms with E-state index >= 15 is 0 Å². The summed E-state index contributed by atoms with van der Waals surface area (Å²) in [5.41, 5.74) is 0.587. The van der Waals surface area contributed by atoms with Crippen LogP contribution in [0.3, 0.4) is 0 Å². The van der Waals surface area contributed by atoms with Crippen LogP contribution in [0.5, 0.6) is 0 Å². The van der Waals surface area contributed by atoms with Gasteiger partial charge >= 0.3 is 11.9 Å². The number of nitrogens with one attached hydrogen (secondary N) is 1. The highest BCUT2D eigenvalue weighted by atomic mass is 16.7. The molecule has 1 aromatic rings. The minimum Gasteiger partial charge on any atom is -0.460 e. The zero-order valence-corrected chi connectivity index (χ0v) is 12.8. The summed E-state index contributed by atoms with van der Waals surface area (Å²) in [7, 11) is 0. The highest BCUT2D eigenvalue weighted by molar-refractivity contribution is 5.80. The number of unbranched alkanes of at least 4 members (excludes halogenated alkanes) is 2. The first kappa shape index (κ1) is 17.5. The number of esters is 1. The molecule has 0 saturated carbocycles. The molecule has 0 amide bonds. The van der Waals surface area contributed by atoms with Crippen LogP contribution >= 0.6 is 0 Å². The lowest BCUT2D eigenvalue weighted by atomic mass is 10.3. The number of carbonyl (C=O) groups is 1. The molecule has 0 aliphatic heterocycles. The van der Waals surface area contributed by atoms with Gasteiger partial charge in [0, 0.05) is 5.69 Å². The van der Waals surface area contributed by atoms with E-state index in [0.29, 0.717) is 5.69 Å². The maximum atomic E-state index is 12.1. The van der Waals surface area contributed by atoms with Crippen LogP contribution < -0.4 is 5.32 Å². The second-order valence-corrected chi connectivity index (χ2v) is 4.83. The Morgan fingerprint density at radius 2 is 1.76 bits per heavy atom. The largest absolute Gasteiger partial charge is 0.460 e. The highest BCUT2D eigenvalue weighted by Crippen LogP contribution is 2.17. The monoisotopic (exact) mass is 295 g/mol. The van der Waals surface area contributed by atoms with Gasteiger partial charge in [0.1, 0.15) is 0 Å². The van der Waals surface area contributed by atoms with Crippen molar-refractivity contribution in [2.24, 2.45) is 0 Å². The molecule has 5 heteroatoms. The number of ether oxygens (including phenoxy) is 2. The van der Waals surface area contributed by atoms with Crippen LogP contribution in [0.2, 0.25) is 0 Å². The van der Waals surface area contributed by atoms with Gasteiger partial charge in [-0.15, -0.1) is 0 Å². The van der Waals surface area contributed by atoms with Gasteiger partial charge in [0.05, 0.1) is 13.2 Å². The van der Waals surface area contributed by atoms with Gasteiger partial charge in [-0.05, 0) is 25.0 Å². The predicted molar refractivity (Wildman–Crippen MR) is 81.7 cm³/mol. The molecular weight excluding hydrogens is 270 g/mol. The third kappa shape index (κ3) is 6.14. The maximum Gasteiger partial charge on any atom is 0.390 e. The third-order valence-electron chi connectivity index (χ3n) is 2.90. The van der Waals surface area contributed by atoms with Crippen LogP contribution in [-0.4, -0.2) is 30.2 Å². The summed E-state index contributed by atoms with van der Waals surface area (Å²) < 4.78 is 10.4. The van der Waals surface area contributed by atoms with Crippen molar-refractivity contribution in [3.63, 3.8) is 0 Å². The topological polar surface area (TPSA) is 67.8 Å². The van der Waals surface area contributed by atoms with E-state index in [9.17, 15) is 9.90 Å². The molecule has 0 aromatic heterocycles. The van der Waals surface area contributed by atoms with Gasteiger partial charge in [-0.3, -0.25) is 0 Å². The molecule has 21 heavy (non-hydrogen) atoms. The van der Waals surface area contributed by atoms with E-state index in [-0.39, 0.29) is 13.2 Å². The summed E-state index contributed by atoms with van der Waals surface area (Å²) in [4.78, 5) is 12.1. The Balaban J connectivity index is 2.70. The minimum atomic E-state index is -2.15. The van der Waals surface area contributed by atoms with Gasteiger partial charge in [0.25, 0.3) is 0 Å². The van der Waals surface area contributed by atoms with Crippen LogP contribution in [0.1, 0.15) is 39.5 Å². The molecule has 2 N–H and O–H groups in total. The molecule has 0 bridgehead atoms. The van der Waals surface area contributed by atoms with Crippen LogP contribution in [0.4, 0.5) is 5.69 Å². The molecule has 1 rings (SSSR count). The fourth-order valence-corrected chi connectivity index (χ4v) is 1.63. The van der Waals surface area contributed by atoms with Crippen LogP contribution in [-0.2, 0) is 14.3 Å². The number of hydrogen-bond acceptors (Lipinski definition) is 5. The number of aliphatic hydroxyl groups is 1. The van der Waals surface area contributed by atoms with Crippen molar-refractivity contribution in [3.05, 3.63) is 30.3 Å². The molecule has 1 unspecified atom stereocenters. The van der Waals surface area contributed by atoms with E-state index in [0.717, 1.165) is 25.7 Å². The number of anilines is 1. The summed E-state index contributed by atoms with van der Waals surface area (Å²) in [6, 6.07) is 8.94. The Morgan fingerprint density at radius 3 is 2.38 bits per heavy atom. The lowest BCUT2D eigenvalue weighted by Crippen LogP contribution is -2.50. The lowest BCUT2D eigenvalue weighted by Gasteiger charge is -2.27. The van der Waals surface area contributed by atoms with Gasteiger partial charge in [0.2, 0.25) is 0 Å². The minimum absolute atomic E-state index is 0.269. The number of rotatable bonds is 10. The first-order chi connectivity index (χ1) is 10.1. The molecule has 0 fully saturated rings. The van der Waals surface area contributed by atoms with E-state index in [1.807, 2.05) is 19.9 Å². The average Bonchev–Trinajstić information content (AvgIpc) is 2.48. The number of hydrogen-bond donors (Lipinski definition) is 2. The predicted octanol–water partition coefficient (Wildman–Crippen LogP) is 2.90. The van der Waals surface area contributed by atoms with Crippen molar-refractivity contribution in [1.29, 1.82) is 0 Å². The van der Waals surface area contributed by atoms with Crippen molar-refractivity contribution in [3.8, 4) is 0 Å². The molecule has 0 heterocycles. The van der Waals surface area contributed by atoms with Crippen LogP contribution in [0, 0.1) is 0 Å². The second-order valence-electron chi connectivity index (χ2n) is 4.83. The molecule has 0 spiro atoms. The fourth-order valence-electron chi connectivity index (χ4n) is 1.63. The van der Waals surface area contributed by atoms with Crippen molar-refractivity contribution < 1.29 is 19.4 Å². The van der Waals surface area contributed by atoms with Gasteiger partial charge in [-0.1, -0.05) is 44.9 Å². The molecule has 0 aliphatic carbocycles. The highest BCUT2D eigenvalue weighted by Gasteiger charge is 2.39.